The van der Waals surface area contributed by atoms with Gasteiger partial charge in [0, 0.05) is 56.2 Å². The Morgan fingerprint density at radius 2 is 1.72 bits per heavy atom. The van der Waals surface area contributed by atoms with E-state index in [0.29, 0.717) is 24.5 Å². The average Bonchev–Trinajstić information content (AvgIpc) is 3.01. The zero-order valence-corrected chi connectivity index (χ0v) is 17.2. The Labute approximate surface area is 171 Å². The van der Waals surface area contributed by atoms with Crippen LogP contribution in [0, 0.1) is 6.92 Å². The van der Waals surface area contributed by atoms with E-state index < -0.39 is 10.0 Å². The van der Waals surface area contributed by atoms with Crippen molar-refractivity contribution in [3.8, 4) is 11.1 Å². The average molecular weight is 409 g/mol. The minimum atomic E-state index is -3.52. The van der Waals surface area contributed by atoms with Crippen molar-refractivity contribution < 1.29 is 8.42 Å². The van der Waals surface area contributed by atoms with Gasteiger partial charge in [-0.2, -0.15) is 4.31 Å². The summed E-state index contributed by atoms with van der Waals surface area (Å²) in [6.07, 6.45) is 6.08. The number of pyridine rings is 2. The van der Waals surface area contributed by atoms with E-state index in [1.807, 2.05) is 43.3 Å². The van der Waals surface area contributed by atoms with Gasteiger partial charge in [0.2, 0.25) is 10.0 Å². The van der Waals surface area contributed by atoms with Crippen LogP contribution >= 0.6 is 0 Å². The molecule has 1 aliphatic heterocycles. The number of benzene rings is 1. The minimum Gasteiger partial charge on any atom is -0.370 e. The van der Waals surface area contributed by atoms with Crippen LogP contribution in [0.3, 0.4) is 0 Å². The van der Waals surface area contributed by atoms with E-state index >= 15 is 0 Å². The maximum Gasteiger partial charge on any atom is 0.243 e. The first kappa shape index (κ1) is 19.5. The van der Waals surface area contributed by atoms with Gasteiger partial charge in [0.05, 0.1) is 4.90 Å². The number of nitrogens with zero attached hydrogens (tertiary/aromatic N) is 4. The molecule has 0 radical (unpaired) electrons. The summed E-state index contributed by atoms with van der Waals surface area (Å²) >= 11 is 0. The first-order valence-corrected chi connectivity index (χ1v) is 11.2. The maximum absolute atomic E-state index is 13.2. The molecule has 1 aliphatic rings. The third-order valence-corrected chi connectivity index (χ3v) is 7.10. The van der Waals surface area contributed by atoms with Crippen molar-refractivity contribution in [2.24, 2.45) is 0 Å². The van der Waals surface area contributed by atoms with Gasteiger partial charge in [0.15, 0.2) is 0 Å². The first-order chi connectivity index (χ1) is 14.0. The fraction of sp³-hybridized carbons (Fsp3) is 0.273. The zero-order valence-electron chi connectivity index (χ0n) is 16.4. The predicted molar refractivity (Wildman–Crippen MR) is 114 cm³/mol. The van der Waals surface area contributed by atoms with E-state index in [1.54, 1.807) is 35.0 Å². The molecule has 6 nitrogen and oxygen atoms in total. The Morgan fingerprint density at radius 3 is 2.45 bits per heavy atom. The summed E-state index contributed by atoms with van der Waals surface area (Å²) in [7, 11) is -3.52. The Kier molecular flexibility index (Phi) is 5.60. The van der Waals surface area contributed by atoms with Crippen molar-refractivity contribution in [3.63, 3.8) is 0 Å². The van der Waals surface area contributed by atoms with Gasteiger partial charge in [-0.05, 0) is 54.8 Å². The summed E-state index contributed by atoms with van der Waals surface area (Å²) in [4.78, 5) is 10.9. The first-order valence-electron chi connectivity index (χ1n) is 9.72. The van der Waals surface area contributed by atoms with Crippen LogP contribution in [-0.2, 0) is 10.0 Å². The van der Waals surface area contributed by atoms with E-state index in [0.717, 1.165) is 35.5 Å². The molecule has 7 heteroatoms. The van der Waals surface area contributed by atoms with Crippen LogP contribution in [0.5, 0.6) is 0 Å². The Morgan fingerprint density at radius 1 is 0.897 bits per heavy atom. The number of aryl methyl sites for hydroxylation is 1. The van der Waals surface area contributed by atoms with Gasteiger partial charge in [-0.3, -0.25) is 9.97 Å². The predicted octanol–water partition coefficient (Wildman–Crippen LogP) is 3.35. The Hall–Kier alpha value is -2.77. The number of rotatable bonds is 4. The normalized spacial score (nSPS) is 15.8. The lowest BCUT2D eigenvalue weighted by Gasteiger charge is -2.23. The van der Waals surface area contributed by atoms with Crippen LogP contribution < -0.4 is 4.90 Å². The summed E-state index contributed by atoms with van der Waals surface area (Å²) in [6, 6.07) is 14.9. The van der Waals surface area contributed by atoms with Gasteiger partial charge in [-0.25, -0.2) is 8.42 Å². The molecule has 1 aromatic carbocycles. The maximum atomic E-state index is 13.2. The molecule has 150 valence electrons. The minimum absolute atomic E-state index is 0.332. The molecule has 0 aliphatic carbocycles. The van der Waals surface area contributed by atoms with E-state index in [-0.39, 0.29) is 0 Å². The van der Waals surface area contributed by atoms with Gasteiger partial charge in [-0.15, -0.1) is 0 Å². The molecule has 3 heterocycles. The molecule has 0 amide bonds. The molecule has 0 saturated carbocycles. The van der Waals surface area contributed by atoms with E-state index in [2.05, 4.69) is 14.9 Å². The molecule has 1 fully saturated rings. The zero-order chi connectivity index (χ0) is 20.3. The van der Waals surface area contributed by atoms with Gasteiger partial charge in [0.1, 0.15) is 0 Å². The van der Waals surface area contributed by atoms with Crippen molar-refractivity contribution in [2.45, 2.75) is 18.2 Å². The summed E-state index contributed by atoms with van der Waals surface area (Å²) < 4.78 is 27.9. The smallest absolute Gasteiger partial charge is 0.243 e. The molecule has 0 N–H and O–H groups in total. The fourth-order valence-electron chi connectivity index (χ4n) is 3.62. The lowest BCUT2D eigenvalue weighted by Crippen LogP contribution is -2.35. The molecule has 1 saturated heterocycles. The number of sulfonamides is 1. The number of hydrogen-bond acceptors (Lipinski definition) is 5. The Bertz CT molecular complexity index is 1070. The molecule has 0 bridgehead atoms. The molecule has 0 spiro atoms. The summed E-state index contributed by atoms with van der Waals surface area (Å²) in [6.45, 7) is 4.44. The highest BCUT2D eigenvalue weighted by Gasteiger charge is 2.27. The fourth-order valence-corrected chi connectivity index (χ4v) is 5.09. The second-order valence-electron chi connectivity index (χ2n) is 7.17. The summed E-state index contributed by atoms with van der Waals surface area (Å²) in [5, 5.41) is 0. The van der Waals surface area contributed by atoms with Crippen molar-refractivity contribution >= 4 is 15.7 Å². The quantitative estimate of drug-likeness (QED) is 0.662. The molecule has 4 rings (SSSR count). The topological polar surface area (TPSA) is 66.4 Å². The number of aromatic nitrogens is 2. The molecule has 2 aromatic heterocycles. The standard InChI is InChI=1S/C22H24N4O2S/c1-18-16-21(9-11-24-18)25-12-3-13-26(15-14-25)29(27,28)22-7-5-19(6-8-22)20-4-2-10-23-17-20/h2,4-11,16-17H,3,12-15H2,1H3. The number of anilines is 1. The molecule has 29 heavy (non-hydrogen) atoms. The SMILES string of the molecule is Cc1cc(N2CCCN(S(=O)(=O)c3ccc(-c4cccnc4)cc3)CC2)ccn1. The third-order valence-electron chi connectivity index (χ3n) is 5.19. The van der Waals surface area contributed by atoms with Crippen molar-refractivity contribution in [1.82, 2.24) is 14.3 Å². The lowest BCUT2D eigenvalue weighted by atomic mass is 10.1. The molecule has 0 unspecified atom stereocenters. The van der Waals surface area contributed by atoms with Crippen LogP contribution in [-0.4, -0.2) is 48.9 Å². The van der Waals surface area contributed by atoms with Crippen LogP contribution in [0.15, 0.2) is 72.0 Å². The summed E-state index contributed by atoms with van der Waals surface area (Å²) in [5.74, 6) is 0. The Balaban J connectivity index is 1.50. The lowest BCUT2D eigenvalue weighted by molar-refractivity contribution is 0.433. The van der Waals surface area contributed by atoms with Crippen molar-refractivity contribution in [3.05, 3.63) is 72.8 Å². The van der Waals surface area contributed by atoms with E-state index in [9.17, 15) is 8.42 Å². The molecule has 0 atom stereocenters. The molecular weight excluding hydrogens is 384 g/mol. The van der Waals surface area contributed by atoms with E-state index in [1.165, 1.54) is 0 Å². The third kappa shape index (κ3) is 4.31. The highest BCUT2D eigenvalue weighted by Crippen LogP contribution is 2.24. The number of hydrogen-bond donors (Lipinski definition) is 0. The van der Waals surface area contributed by atoms with Crippen LogP contribution in [0.1, 0.15) is 12.1 Å². The second-order valence-corrected chi connectivity index (χ2v) is 9.10. The van der Waals surface area contributed by atoms with Crippen LogP contribution in [0.4, 0.5) is 5.69 Å². The van der Waals surface area contributed by atoms with Crippen molar-refractivity contribution in [2.75, 3.05) is 31.1 Å². The monoisotopic (exact) mass is 408 g/mol. The van der Waals surface area contributed by atoms with Crippen molar-refractivity contribution in [1.29, 1.82) is 0 Å². The van der Waals surface area contributed by atoms with Gasteiger partial charge < -0.3 is 4.90 Å². The highest BCUT2D eigenvalue weighted by atomic mass is 32.2. The van der Waals surface area contributed by atoms with Gasteiger partial charge >= 0.3 is 0 Å². The largest absolute Gasteiger partial charge is 0.370 e. The molecular formula is C22H24N4O2S. The van der Waals surface area contributed by atoms with Crippen LogP contribution in [0.2, 0.25) is 0 Å². The second kappa shape index (κ2) is 8.31. The molecule has 3 aromatic rings. The van der Waals surface area contributed by atoms with Gasteiger partial charge in [-0.1, -0.05) is 18.2 Å². The highest BCUT2D eigenvalue weighted by molar-refractivity contribution is 7.89. The van der Waals surface area contributed by atoms with E-state index in [4.69, 9.17) is 0 Å². The summed E-state index contributed by atoms with van der Waals surface area (Å²) in [5.41, 5.74) is 3.98. The van der Waals surface area contributed by atoms with Crippen LogP contribution in [0.25, 0.3) is 11.1 Å². The van der Waals surface area contributed by atoms with Gasteiger partial charge in [0.25, 0.3) is 0 Å².